The topological polar surface area (TPSA) is 43.9 Å². The number of carbonyl (C=O) groups excluding carboxylic acids is 2. The van der Waals surface area contributed by atoms with Gasteiger partial charge >= 0.3 is 0 Å². The Morgan fingerprint density at radius 2 is 1.76 bits per heavy atom. The van der Waals surface area contributed by atoms with Gasteiger partial charge < -0.3 is 4.90 Å². The van der Waals surface area contributed by atoms with E-state index < -0.39 is 0 Å². The van der Waals surface area contributed by atoms with E-state index in [1.54, 1.807) is 12.1 Å². The molecular weight excluding hydrogens is 273 g/mol. The smallest absolute Gasteiger partial charge is 0.246 e. The number of hydrogen-bond acceptors (Lipinski definition) is 4. The molecule has 0 bridgehead atoms. The van der Waals surface area contributed by atoms with Gasteiger partial charge in [-0.05, 0) is 12.1 Å². The lowest BCUT2D eigenvalue weighted by molar-refractivity contribution is -0.138. The lowest BCUT2D eigenvalue weighted by atomic mass is 10.1. The third kappa shape index (κ3) is 2.51. The van der Waals surface area contributed by atoms with Crippen molar-refractivity contribution in [1.29, 1.82) is 0 Å². The highest BCUT2D eigenvalue weighted by Crippen LogP contribution is 2.23. The van der Waals surface area contributed by atoms with Crippen molar-refractivity contribution in [3.8, 4) is 0 Å². The van der Waals surface area contributed by atoms with Crippen LogP contribution in [0.3, 0.4) is 0 Å². The van der Waals surface area contributed by atoms with Gasteiger partial charge in [0, 0.05) is 33.2 Å². The van der Waals surface area contributed by atoms with Crippen LogP contribution < -0.4 is 4.90 Å². The van der Waals surface area contributed by atoms with Crippen molar-refractivity contribution in [1.82, 2.24) is 9.80 Å². The van der Waals surface area contributed by atoms with Crippen molar-refractivity contribution in [3.63, 3.8) is 0 Å². The minimum absolute atomic E-state index is 0.124. The van der Waals surface area contributed by atoms with Crippen LogP contribution in [0.25, 0.3) is 0 Å². The molecule has 1 unspecified atom stereocenters. The summed E-state index contributed by atoms with van der Waals surface area (Å²) in [6, 6.07) is 6.37. The zero-order chi connectivity index (χ0) is 15.0. The van der Waals surface area contributed by atoms with Crippen LogP contribution in [0, 0.1) is 5.82 Å². The maximum atomic E-state index is 13.8. The molecule has 5 nitrogen and oxygen atoms in total. The van der Waals surface area contributed by atoms with Gasteiger partial charge in [0.2, 0.25) is 11.8 Å². The first-order valence-electron chi connectivity index (χ1n) is 7.12. The van der Waals surface area contributed by atoms with E-state index in [-0.39, 0.29) is 30.1 Å². The average molecular weight is 291 g/mol. The zero-order valence-corrected chi connectivity index (χ0v) is 12.0. The first-order valence-corrected chi connectivity index (χ1v) is 7.12. The number of nitrogens with zero attached hydrogens (tertiary/aromatic N) is 3. The number of carbonyl (C=O) groups is 2. The monoisotopic (exact) mass is 291 g/mol. The molecule has 21 heavy (non-hydrogen) atoms. The Bertz CT molecular complexity index is 570. The van der Waals surface area contributed by atoms with Gasteiger partial charge in [-0.3, -0.25) is 19.4 Å². The number of rotatable bonds is 2. The lowest BCUT2D eigenvalue weighted by Gasteiger charge is -2.38. The quantitative estimate of drug-likeness (QED) is 0.753. The Labute approximate surface area is 122 Å². The third-order valence-electron chi connectivity index (χ3n) is 4.31. The van der Waals surface area contributed by atoms with Gasteiger partial charge in [0.25, 0.3) is 0 Å². The van der Waals surface area contributed by atoms with Gasteiger partial charge in [-0.1, -0.05) is 12.1 Å². The van der Waals surface area contributed by atoms with Crippen LogP contribution in [0.1, 0.15) is 6.42 Å². The molecule has 2 fully saturated rings. The number of anilines is 1. The van der Waals surface area contributed by atoms with Crippen LogP contribution in [0.15, 0.2) is 24.3 Å². The molecule has 0 aliphatic carbocycles. The number of para-hydroxylation sites is 1. The summed E-state index contributed by atoms with van der Waals surface area (Å²) in [5.74, 6) is -0.473. The van der Waals surface area contributed by atoms with E-state index in [0.717, 1.165) is 0 Å². The van der Waals surface area contributed by atoms with E-state index in [1.807, 2.05) is 15.9 Å². The molecule has 2 aliphatic rings. The summed E-state index contributed by atoms with van der Waals surface area (Å²) in [5.41, 5.74) is 0.600. The van der Waals surface area contributed by atoms with E-state index in [2.05, 4.69) is 0 Å². The fourth-order valence-electron chi connectivity index (χ4n) is 3.00. The second-order valence-electron chi connectivity index (χ2n) is 5.49. The number of hydrogen-bond donors (Lipinski definition) is 0. The molecule has 2 heterocycles. The first kappa shape index (κ1) is 14.0. The second kappa shape index (κ2) is 5.44. The summed E-state index contributed by atoms with van der Waals surface area (Å²) in [6.45, 7) is 2.63. The van der Waals surface area contributed by atoms with E-state index in [1.165, 1.54) is 18.0 Å². The standard InChI is InChI=1S/C15H18FN3O2/c1-17-14(20)10-13(15(17)21)19-8-6-18(7-9-19)12-5-3-2-4-11(12)16/h2-5,13H,6-10H2,1H3. The Kier molecular flexibility index (Phi) is 3.63. The summed E-state index contributed by atoms with van der Waals surface area (Å²) in [6.07, 6.45) is 0.259. The van der Waals surface area contributed by atoms with Crippen molar-refractivity contribution < 1.29 is 14.0 Å². The summed E-state index contributed by atoms with van der Waals surface area (Å²) < 4.78 is 13.8. The number of piperazine rings is 1. The lowest BCUT2D eigenvalue weighted by Crippen LogP contribution is -2.52. The second-order valence-corrected chi connectivity index (χ2v) is 5.49. The molecule has 2 saturated heterocycles. The third-order valence-corrected chi connectivity index (χ3v) is 4.31. The predicted molar refractivity (Wildman–Crippen MR) is 76.4 cm³/mol. The minimum atomic E-state index is -0.342. The molecule has 1 aromatic rings. The Balaban J connectivity index is 1.65. The normalized spacial score (nSPS) is 24.0. The van der Waals surface area contributed by atoms with E-state index >= 15 is 0 Å². The number of likely N-dealkylation sites (tertiary alicyclic amines) is 1. The molecule has 3 rings (SSSR count). The highest BCUT2D eigenvalue weighted by molar-refractivity contribution is 6.05. The Hall–Kier alpha value is -1.95. The molecule has 6 heteroatoms. The fraction of sp³-hybridized carbons (Fsp3) is 0.467. The van der Waals surface area contributed by atoms with Crippen LogP contribution in [-0.4, -0.2) is 60.9 Å². The SMILES string of the molecule is CN1C(=O)CC(N2CCN(c3ccccc3F)CC2)C1=O. The van der Waals surface area contributed by atoms with Crippen molar-refractivity contribution >= 4 is 17.5 Å². The van der Waals surface area contributed by atoms with E-state index in [9.17, 15) is 14.0 Å². The molecule has 1 atom stereocenters. The molecule has 2 amide bonds. The number of imide groups is 1. The average Bonchev–Trinajstić information content (AvgIpc) is 2.76. The molecule has 112 valence electrons. The fourth-order valence-corrected chi connectivity index (χ4v) is 3.00. The predicted octanol–water partition coefficient (Wildman–Crippen LogP) is 0.705. The number of benzene rings is 1. The maximum Gasteiger partial charge on any atom is 0.246 e. The molecule has 1 aromatic carbocycles. The number of amides is 2. The van der Waals surface area contributed by atoms with Gasteiger partial charge in [-0.15, -0.1) is 0 Å². The zero-order valence-electron chi connectivity index (χ0n) is 12.0. The van der Waals surface area contributed by atoms with Crippen molar-refractivity contribution in [2.45, 2.75) is 12.5 Å². The summed E-state index contributed by atoms with van der Waals surface area (Å²) in [5, 5.41) is 0. The van der Waals surface area contributed by atoms with E-state index in [0.29, 0.717) is 31.9 Å². The molecule has 0 radical (unpaired) electrons. The molecule has 0 N–H and O–H groups in total. The van der Waals surface area contributed by atoms with Crippen molar-refractivity contribution in [2.24, 2.45) is 0 Å². The van der Waals surface area contributed by atoms with Gasteiger partial charge in [-0.2, -0.15) is 0 Å². The highest BCUT2D eigenvalue weighted by atomic mass is 19.1. The highest BCUT2D eigenvalue weighted by Gasteiger charge is 2.40. The Morgan fingerprint density at radius 3 is 2.33 bits per heavy atom. The molecule has 0 aromatic heterocycles. The van der Waals surface area contributed by atoms with Crippen LogP contribution in [0.5, 0.6) is 0 Å². The van der Waals surface area contributed by atoms with Crippen LogP contribution >= 0.6 is 0 Å². The molecule has 0 spiro atoms. The molecule has 2 aliphatic heterocycles. The van der Waals surface area contributed by atoms with Crippen molar-refractivity contribution in [3.05, 3.63) is 30.1 Å². The van der Waals surface area contributed by atoms with Gasteiger partial charge in [0.1, 0.15) is 5.82 Å². The van der Waals surface area contributed by atoms with E-state index in [4.69, 9.17) is 0 Å². The summed E-state index contributed by atoms with van der Waals surface area (Å²) in [7, 11) is 1.53. The van der Waals surface area contributed by atoms with Crippen molar-refractivity contribution in [2.75, 3.05) is 38.1 Å². The van der Waals surface area contributed by atoms with Gasteiger partial charge in [0.15, 0.2) is 0 Å². The minimum Gasteiger partial charge on any atom is -0.367 e. The maximum absolute atomic E-state index is 13.8. The van der Waals surface area contributed by atoms with Crippen LogP contribution in [0.2, 0.25) is 0 Å². The van der Waals surface area contributed by atoms with Crippen LogP contribution in [0.4, 0.5) is 10.1 Å². The van der Waals surface area contributed by atoms with Gasteiger partial charge in [-0.25, -0.2) is 4.39 Å². The number of halogens is 1. The van der Waals surface area contributed by atoms with Gasteiger partial charge in [0.05, 0.1) is 18.2 Å². The molecular formula is C15H18FN3O2. The molecule has 0 saturated carbocycles. The summed E-state index contributed by atoms with van der Waals surface area (Å²) >= 11 is 0. The largest absolute Gasteiger partial charge is 0.367 e. The first-order chi connectivity index (χ1) is 10.1. The summed E-state index contributed by atoms with van der Waals surface area (Å²) in [4.78, 5) is 28.8. The Morgan fingerprint density at radius 1 is 1.10 bits per heavy atom. The van der Waals surface area contributed by atoms with Crippen LogP contribution in [-0.2, 0) is 9.59 Å². The number of likely N-dealkylation sites (N-methyl/N-ethyl adjacent to an activating group) is 1.